The van der Waals surface area contributed by atoms with Crippen molar-refractivity contribution in [3.8, 4) is 0 Å². The fourth-order valence-electron chi connectivity index (χ4n) is 3.97. The van der Waals surface area contributed by atoms with Gasteiger partial charge in [0.1, 0.15) is 24.2 Å². The van der Waals surface area contributed by atoms with Crippen LogP contribution in [0.4, 0.5) is 14.5 Å². The molecule has 0 fully saturated rings. The zero-order chi connectivity index (χ0) is 27.9. The molecule has 0 saturated heterocycles. The van der Waals surface area contributed by atoms with Crippen LogP contribution < -0.4 is 9.62 Å². The molecule has 1 atom stereocenters. The van der Waals surface area contributed by atoms with Crippen LogP contribution in [0.15, 0.2) is 78.9 Å². The number of amides is 2. The van der Waals surface area contributed by atoms with E-state index in [1.807, 2.05) is 18.2 Å². The van der Waals surface area contributed by atoms with E-state index in [0.29, 0.717) is 0 Å². The normalized spacial score (nSPS) is 12.2. The topological polar surface area (TPSA) is 86.8 Å². The SMILES string of the molecule is CC(C)NC(=O)C(Cc1ccccc1)N(Cc1ccccc1F)C(=O)CN(c1ccc(F)cc1)S(C)(=O)=O. The first kappa shape index (κ1) is 28.8. The van der Waals surface area contributed by atoms with Gasteiger partial charge in [-0.3, -0.25) is 13.9 Å². The van der Waals surface area contributed by atoms with Crippen LogP contribution in [0.25, 0.3) is 0 Å². The third-order valence-corrected chi connectivity index (χ3v) is 6.93. The van der Waals surface area contributed by atoms with Crippen LogP contribution in [0.1, 0.15) is 25.0 Å². The number of rotatable bonds is 11. The second kappa shape index (κ2) is 12.6. The van der Waals surface area contributed by atoms with Gasteiger partial charge in [0.25, 0.3) is 0 Å². The molecule has 0 saturated carbocycles. The Morgan fingerprint density at radius 3 is 2.08 bits per heavy atom. The zero-order valence-electron chi connectivity index (χ0n) is 21.5. The van der Waals surface area contributed by atoms with Crippen LogP contribution in [-0.2, 0) is 32.6 Å². The molecule has 0 aliphatic carbocycles. The maximum atomic E-state index is 14.7. The molecule has 0 heterocycles. The highest BCUT2D eigenvalue weighted by Gasteiger charge is 2.33. The highest BCUT2D eigenvalue weighted by atomic mass is 32.2. The smallest absolute Gasteiger partial charge is 0.244 e. The number of nitrogens with one attached hydrogen (secondary N) is 1. The van der Waals surface area contributed by atoms with Crippen LogP contribution in [0, 0.1) is 11.6 Å². The molecule has 0 spiro atoms. The fraction of sp³-hybridized carbons (Fsp3) is 0.286. The summed E-state index contributed by atoms with van der Waals surface area (Å²) >= 11 is 0. The molecule has 202 valence electrons. The first-order chi connectivity index (χ1) is 18.0. The van der Waals surface area contributed by atoms with Gasteiger partial charge in [0, 0.05) is 24.6 Å². The van der Waals surface area contributed by atoms with E-state index >= 15 is 0 Å². The fourth-order valence-corrected chi connectivity index (χ4v) is 4.82. The largest absolute Gasteiger partial charge is 0.352 e. The first-order valence-corrected chi connectivity index (χ1v) is 13.9. The summed E-state index contributed by atoms with van der Waals surface area (Å²) in [4.78, 5) is 28.4. The molecule has 0 radical (unpaired) electrons. The van der Waals surface area contributed by atoms with Crippen molar-refractivity contribution < 1.29 is 26.8 Å². The minimum atomic E-state index is -3.98. The Hall–Kier alpha value is -3.79. The lowest BCUT2D eigenvalue weighted by Gasteiger charge is -2.34. The van der Waals surface area contributed by atoms with E-state index in [9.17, 15) is 26.8 Å². The van der Waals surface area contributed by atoms with Crippen LogP contribution in [0.3, 0.4) is 0 Å². The number of carbonyl (C=O) groups excluding carboxylic acids is 2. The number of carbonyl (C=O) groups is 2. The zero-order valence-corrected chi connectivity index (χ0v) is 22.3. The van der Waals surface area contributed by atoms with Gasteiger partial charge in [-0.25, -0.2) is 17.2 Å². The van der Waals surface area contributed by atoms with E-state index in [-0.39, 0.29) is 30.3 Å². The molecular weight excluding hydrogens is 512 g/mol. The molecule has 10 heteroatoms. The average molecular weight is 544 g/mol. The minimum Gasteiger partial charge on any atom is -0.352 e. The number of benzene rings is 3. The monoisotopic (exact) mass is 543 g/mol. The number of anilines is 1. The van der Waals surface area contributed by atoms with Gasteiger partial charge in [0.05, 0.1) is 11.9 Å². The van der Waals surface area contributed by atoms with Crippen molar-refractivity contribution in [2.45, 2.75) is 38.9 Å². The van der Waals surface area contributed by atoms with Crippen molar-refractivity contribution in [1.82, 2.24) is 10.2 Å². The van der Waals surface area contributed by atoms with Crippen LogP contribution in [0.2, 0.25) is 0 Å². The summed E-state index contributed by atoms with van der Waals surface area (Å²) in [7, 11) is -3.98. The average Bonchev–Trinajstić information content (AvgIpc) is 2.85. The summed E-state index contributed by atoms with van der Waals surface area (Å²) in [5.41, 5.74) is 1.02. The number of nitrogens with zero attached hydrogens (tertiary/aromatic N) is 2. The third-order valence-electron chi connectivity index (χ3n) is 5.79. The third kappa shape index (κ3) is 7.85. The standard InChI is InChI=1S/C28H31F2N3O4S/c1-20(2)31-28(35)26(17-21-9-5-4-6-10-21)32(18-22-11-7-8-12-25(22)30)27(34)19-33(38(3,36)37)24-15-13-23(29)14-16-24/h4-16,20,26H,17-19H2,1-3H3,(H,31,35). The quantitative estimate of drug-likeness (QED) is 0.398. The van der Waals surface area contributed by atoms with E-state index in [2.05, 4.69) is 5.32 Å². The highest BCUT2D eigenvalue weighted by Crippen LogP contribution is 2.21. The molecule has 1 unspecified atom stereocenters. The van der Waals surface area contributed by atoms with Gasteiger partial charge in [0.15, 0.2) is 0 Å². The molecule has 3 rings (SSSR count). The van der Waals surface area contributed by atoms with Crippen LogP contribution in [0.5, 0.6) is 0 Å². The maximum absolute atomic E-state index is 14.7. The van der Waals surface area contributed by atoms with E-state index in [1.54, 1.807) is 32.0 Å². The maximum Gasteiger partial charge on any atom is 0.244 e. The van der Waals surface area contributed by atoms with Gasteiger partial charge in [0.2, 0.25) is 21.8 Å². The number of hydrogen-bond donors (Lipinski definition) is 1. The molecule has 0 aliphatic heterocycles. The summed E-state index contributed by atoms with van der Waals surface area (Å²) in [6, 6.07) is 18.3. The van der Waals surface area contributed by atoms with Crippen molar-refractivity contribution >= 4 is 27.5 Å². The Bertz CT molecular complexity index is 1350. The summed E-state index contributed by atoms with van der Waals surface area (Å²) < 4.78 is 54.3. The van der Waals surface area contributed by atoms with Crippen LogP contribution in [-0.4, -0.2) is 50.0 Å². The molecule has 7 nitrogen and oxygen atoms in total. The number of sulfonamides is 1. The van der Waals surface area contributed by atoms with Gasteiger partial charge in [-0.05, 0) is 49.7 Å². The molecule has 2 amide bonds. The lowest BCUT2D eigenvalue weighted by Crippen LogP contribution is -2.54. The lowest BCUT2D eigenvalue weighted by molar-refractivity contribution is -0.140. The molecule has 1 N–H and O–H groups in total. The van der Waals surface area contributed by atoms with E-state index in [0.717, 1.165) is 28.3 Å². The van der Waals surface area contributed by atoms with Crippen molar-refractivity contribution in [2.75, 3.05) is 17.1 Å². The van der Waals surface area contributed by atoms with Gasteiger partial charge >= 0.3 is 0 Å². The van der Waals surface area contributed by atoms with Crippen molar-refractivity contribution in [3.63, 3.8) is 0 Å². The van der Waals surface area contributed by atoms with E-state index in [4.69, 9.17) is 0 Å². The Morgan fingerprint density at radius 2 is 1.50 bits per heavy atom. The van der Waals surface area contributed by atoms with Crippen molar-refractivity contribution in [1.29, 1.82) is 0 Å². The molecule has 0 aliphatic rings. The first-order valence-electron chi connectivity index (χ1n) is 12.1. The molecule has 0 aromatic heterocycles. The van der Waals surface area contributed by atoms with Crippen molar-refractivity contribution in [2.24, 2.45) is 0 Å². The summed E-state index contributed by atoms with van der Waals surface area (Å²) in [6.45, 7) is 2.62. The minimum absolute atomic E-state index is 0.0827. The Labute approximate surface area is 222 Å². The Balaban J connectivity index is 2.06. The van der Waals surface area contributed by atoms with E-state index in [1.165, 1.54) is 35.2 Å². The molecule has 38 heavy (non-hydrogen) atoms. The predicted molar refractivity (Wildman–Crippen MR) is 143 cm³/mol. The summed E-state index contributed by atoms with van der Waals surface area (Å²) in [6.07, 6.45) is 1.05. The molecule has 3 aromatic rings. The molecular formula is C28H31F2N3O4S. The predicted octanol–water partition coefficient (Wildman–Crippen LogP) is 3.90. The van der Waals surface area contributed by atoms with Crippen LogP contribution >= 0.6 is 0 Å². The molecule has 3 aromatic carbocycles. The Kier molecular flexibility index (Phi) is 9.57. The van der Waals surface area contributed by atoms with Crippen molar-refractivity contribution in [3.05, 3.63) is 102 Å². The summed E-state index contributed by atoms with van der Waals surface area (Å²) in [5.74, 6) is -2.31. The van der Waals surface area contributed by atoms with Gasteiger partial charge in [-0.1, -0.05) is 48.5 Å². The van der Waals surface area contributed by atoms with E-state index < -0.39 is 46.1 Å². The summed E-state index contributed by atoms with van der Waals surface area (Å²) in [5, 5.41) is 2.82. The number of hydrogen-bond acceptors (Lipinski definition) is 4. The van der Waals surface area contributed by atoms with Gasteiger partial charge < -0.3 is 10.2 Å². The second-order valence-electron chi connectivity index (χ2n) is 9.23. The number of halogens is 2. The van der Waals surface area contributed by atoms with Gasteiger partial charge in [-0.15, -0.1) is 0 Å². The van der Waals surface area contributed by atoms with Gasteiger partial charge in [-0.2, -0.15) is 0 Å². The molecule has 0 bridgehead atoms. The highest BCUT2D eigenvalue weighted by molar-refractivity contribution is 7.92. The second-order valence-corrected chi connectivity index (χ2v) is 11.1. The lowest BCUT2D eigenvalue weighted by atomic mass is 10.0. The Morgan fingerprint density at radius 1 is 0.895 bits per heavy atom.